The van der Waals surface area contributed by atoms with E-state index in [-0.39, 0.29) is 0 Å². The molecular weight excluding hydrogens is 401 g/mol. The lowest BCUT2D eigenvalue weighted by Gasteiger charge is -2.12. The van der Waals surface area contributed by atoms with Crippen molar-refractivity contribution in [3.8, 4) is 11.5 Å². The van der Waals surface area contributed by atoms with Gasteiger partial charge in [0, 0.05) is 22.2 Å². The van der Waals surface area contributed by atoms with Gasteiger partial charge in [-0.2, -0.15) is 0 Å². The zero-order valence-corrected chi connectivity index (χ0v) is 14.3. The highest BCUT2D eigenvalue weighted by Gasteiger charge is 2.15. The molecule has 0 radical (unpaired) electrons. The predicted octanol–water partition coefficient (Wildman–Crippen LogP) is 4.72. The Labute approximate surface area is 142 Å². The monoisotopic (exact) mass is 415 g/mol. The van der Waals surface area contributed by atoms with Crippen molar-refractivity contribution in [1.29, 1.82) is 0 Å². The molecule has 0 amide bonds. The van der Waals surface area contributed by atoms with E-state index in [1.807, 2.05) is 12.1 Å². The number of rotatable bonds is 3. The molecule has 0 aliphatic carbocycles. The van der Waals surface area contributed by atoms with Gasteiger partial charge < -0.3 is 14.8 Å². The first-order valence-corrected chi connectivity index (χ1v) is 8.25. The van der Waals surface area contributed by atoms with Gasteiger partial charge in [0.05, 0.1) is 18.2 Å². The Morgan fingerprint density at radius 2 is 1.86 bits per heavy atom. The number of benzene rings is 2. The SMILES string of the molecule is Clc1cc(CNc2ccc(I)cc2)cc2c1OCCCO2. The van der Waals surface area contributed by atoms with E-state index in [1.54, 1.807) is 0 Å². The summed E-state index contributed by atoms with van der Waals surface area (Å²) in [5.74, 6) is 1.39. The molecule has 0 saturated heterocycles. The summed E-state index contributed by atoms with van der Waals surface area (Å²) in [6, 6.07) is 12.2. The minimum atomic E-state index is 0.605. The maximum atomic E-state index is 6.29. The minimum Gasteiger partial charge on any atom is -0.489 e. The van der Waals surface area contributed by atoms with Crippen LogP contribution in [0.2, 0.25) is 5.02 Å². The number of fused-ring (bicyclic) bond motifs is 1. The molecule has 0 bridgehead atoms. The molecule has 2 aromatic rings. The second-order valence-corrected chi connectivity index (χ2v) is 6.47. The Morgan fingerprint density at radius 1 is 1.10 bits per heavy atom. The van der Waals surface area contributed by atoms with Crippen molar-refractivity contribution in [1.82, 2.24) is 0 Å². The van der Waals surface area contributed by atoms with Crippen molar-refractivity contribution >= 4 is 39.9 Å². The van der Waals surface area contributed by atoms with Crippen molar-refractivity contribution in [3.05, 3.63) is 50.6 Å². The number of halogens is 2. The van der Waals surface area contributed by atoms with Crippen molar-refractivity contribution in [2.45, 2.75) is 13.0 Å². The molecule has 1 aliphatic heterocycles. The molecule has 2 aromatic carbocycles. The maximum absolute atomic E-state index is 6.29. The molecule has 110 valence electrons. The van der Waals surface area contributed by atoms with Crippen LogP contribution in [-0.4, -0.2) is 13.2 Å². The minimum absolute atomic E-state index is 0.605. The number of anilines is 1. The van der Waals surface area contributed by atoms with Crippen LogP contribution in [0.15, 0.2) is 36.4 Å². The summed E-state index contributed by atoms with van der Waals surface area (Å²) in [6.07, 6.45) is 0.876. The van der Waals surface area contributed by atoms with E-state index in [1.165, 1.54) is 3.57 Å². The second kappa shape index (κ2) is 6.75. The molecule has 3 nitrogen and oxygen atoms in total. The standard InChI is InChI=1S/C16H15ClINO2/c17-14-8-11(9-15-16(14)21-7-1-6-20-15)10-19-13-4-2-12(18)3-5-13/h2-5,8-9,19H,1,6-7,10H2. The largest absolute Gasteiger partial charge is 0.489 e. The Kier molecular flexibility index (Phi) is 4.75. The molecule has 0 saturated carbocycles. The van der Waals surface area contributed by atoms with Gasteiger partial charge in [0.1, 0.15) is 0 Å². The van der Waals surface area contributed by atoms with Crippen LogP contribution in [0, 0.1) is 3.57 Å². The summed E-state index contributed by atoms with van der Waals surface area (Å²) < 4.78 is 12.6. The number of ether oxygens (including phenoxy) is 2. The summed E-state index contributed by atoms with van der Waals surface area (Å²) in [5.41, 5.74) is 2.15. The molecule has 1 heterocycles. The first-order chi connectivity index (χ1) is 10.2. The molecule has 0 atom stereocenters. The second-order valence-electron chi connectivity index (χ2n) is 4.82. The predicted molar refractivity (Wildman–Crippen MR) is 93.5 cm³/mol. The van der Waals surface area contributed by atoms with Gasteiger partial charge in [-0.25, -0.2) is 0 Å². The third-order valence-electron chi connectivity index (χ3n) is 3.20. The molecule has 1 aliphatic rings. The van der Waals surface area contributed by atoms with Crippen LogP contribution < -0.4 is 14.8 Å². The van der Waals surface area contributed by atoms with Gasteiger partial charge in [-0.3, -0.25) is 0 Å². The molecule has 0 fully saturated rings. The molecule has 0 spiro atoms. The van der Waals surface area contributed by atoms with Crippen LogP contribution in [0.5, 0.6) is 11.5 Å². The van der Waals surface area contributed by atoms with Gasteiger partial charge in [-0.15, -0.1) is 0 Å². The third-order valence-corrected chi connectivity index (χ3v) is 4.20. The first kappa shape index (κ1) is 14.8. The van der Waals surface area contributed by atoms with Gasteiger partial charge in [-0.05, 0) is 64.6 Å². The van der Waals surface area contributed by atoms with Crippen LogP contribution in [0.4, 0.5) is 5.69 Å². The lowest BCUT2D eigenvalue weighted by atomic mass is 10.2. The first-order valence-electron chi connectivity index (χ1n) is 6.80. The molecule has 5 heteroatoms. The van der Waals surface area contributed by atoms with Crippen LogP contribution >= 0.6 is 34.2 Å². The van der Waals surface area contributed by atoms with E-state index in [9.17, 15) is 0 Å². The van der Waals surface area contributed by atoms with E-state index >= 15 is 0 Å². The maximum Gasteiger partial charge on any atom is 0.179 e. The highest BCUT2D eigenvalue weighted by Crippen LogP contribution is 2.38. The zero-order chi connectivity index (χ0) is 14.7. The average molecular weight is 416 g/mol. The van der Waals surface area contributed by atoms with Crippen LogP contribution in [0.25, 0.3) is 0 Å². The zero-order valence-electron chi connectivity index (χ0n) is 11.4. The summed E-state index contributed by atoms with van der Waals surface area (Å²) in [5, 5.41) is 3.98. The number of hydrogen-bond donors (Lipinski definition) is 1. The topological polar surface area (TPSA) is 30.5 Å². The lowest BCUT2D eigenvalue weighted by molar-refractivity contribution is 0.297. The smallest absolute Gasteiger partial charge is 0.179 e. The van der Waals surface area contributed by atoms with Crippen molar-refractivity contribution in [2.24, 2.45) is 0 Å². The van der Waals surface area contributed by atoms with Crippen LogP contribution in [0.1, 0.15) is 12.0 Å². The Morgan fingerprint density at radius 3 is 2.67 bits per heavy atom. The van der Waals surface area contributed by atoms with Crippen molar-refractivity contribution in [2.75, 3.05) is 18.5 Å². The van der Waals surface area contributed by atoms with E-state index in [0.717, 1.165) is 23.4 Å². The highest BCUT2D eigenvalue weighted by atomic mass is 127. The quantitative estimate of drug-likeness (QED) is 0.736. The Hall–Kier alpha value is -1.14. The van der Waals surface area contributed by atoms with Crippen LogP contribution in [-0.2, 0) is 6.54 Å². The summed E-state index contributed by atoms with van der Waals surface area (Å²) in [6.45, 7) is 2.00. The van der Waals surface area contributed by atoms with Gasteiger partial charge >= 0.3 is 0 Å². The van der Waals surface area contributed by atoms with E-state index in [0.29, 0.717) is 30.5 Å². The average Bonchev–Trinajstić information content (AvgIpc) is 2.72. The normalized spacial score (nSPS) is 13.6. The van der Waals surface area contributed by atoms with Crippen LogP contribution in [0.3, 0.4) is 0 Å². The van der Waals surface area contributed by atoms with Gasteiger partial charge in [-0.1, -0.05) is 11.6 Å². The van der Waals surface area contributed by atoms with Gasteiger partial charge in [0.25, 0.3) is 0 Å². The molecule has 0 aromatic heterocycles. The highest BCUT2D eigenvalue weighted by molar-refractivity contribution is 14.1. The number of hydrogen-bond acceptors (Lipinski definition) is 3. The Balaban J connectivity index is 1.75. The lowest BCUT2D eigenvalue weighted by Crippen LogP contribution is -2.01. The summed E-state index contributed by atoms with van der Waals surface area (Å²) in [7, 11) is 0. The van der Waals surface area contributed by atoms with Gasteiger partial charge in [0.15, 0.2) is 11.5 Å². The molecule has 21 heavy (non-hydrogen) atoms. The fourth-order valence-electron chi connectivity index (χ4n) is 2.16. The van der Waals surface area contributed by atoms with E-state index in [4.69, 9.17) is 21.1 Å². The van der Waals surface area contributed by atoms with Crippen molar-refractivity contribution < 1.29 is 9.47 Å². The van der Waals surface area contributed by atoms with Gasteiger partial charge in [0.2, 0.25) is 0 Å². The summed E-state index contributed by atoms with van der Waals surface area (Å²) in [4.78, 5) is 0. The Bertz CT molecular complexity index is 631. The molecule has 3 rings (SSSR count). The van der Waals surface area contributed by atoms with E-state index < -0.39 is 0 Å². The molecule has 0 unspecified atom stereocenters. The fraction of sp³-hybridized carbons (Fsp3) is 0.250. The van der Waals surface area contributed by atoms with Crippen molar-refractivity contribution in [3.63, 3.8) is 0 Å². The third kappa shape index (κ3) is 3.74. The van der Waals surface area contributed by atoms with E-state index in [2.05, 4.69) is 52.2 Å². The fourth-order valence-corrected chi connectivity index (χ4v) is 2.81. The molecular formula is C16H15ClINO2. The summed E-state index contributed by atoms with van der Waals surface area (Å²) >= 11 is 8.58. The number of nitrogens with one attached hydrogen (secondary N) is 1. The molecule has 1 N–H and O–H groups in total.